The molecule has 100 valence electrons. The van der Waals surface area contributed by atoms with Crippen molar-refractivity contribution in [3.63, 3.8) is 0 Å². The molecular formula is C18H21F. The average Bonchev–Trinajstić information content (AvgIpc) is 2.35. The second-order valence-corrected chi connectivity index (χ2v) is 5.48. The zero-order chi connectivity index (χ0) is 13.7. The lowest BCUT2D eigenvalue weighted by Gasteiger charge is -2.21. The summed E-state index contributed by atoms with van der Waals surface area (Å²) in [5, 5.41) is 0. The molecule has 0 aromatic heterocycles. The summed E-state index contributed by atoms with van der Waals surface area (Å²) < 4.78 is 14.8. The molecule has 1 aliphatic rings. The molecule has 1 heteroatoms. The number of halogens is 1. The van der Waals surface area contributed by atoms with E-state index in [1.165, 1.54) is 0 Å². The molecule has 0 bridgehead atoms. The summed E-state index contributed by atoms with van der Waals surface area (Å²) in [6, 6.07) is 8.01. The molecule has 1 aliphatic carbocycles. The van der Waals surface area contributed by atoms with E-state index in [0.717, 1.165) is 42.4 Å². The van der Waals surface area contributed by atoms with Gasteiger partial charge in [0.1, 0.15) is 0 Å². The molecule has 0 radical (unpaired) electrons. The van der Waals surface area contributed by atoms with Gasteiger partial charge in [-0.3, -0.25) is 0 Å². The Hall–Kier alpha value is -1.55. The smallest absolute Gasteiger partial charge is 0.174 e. The van der Waals surface area contributed by atoms with Crippen LogP contribution in [0.25, 0.3) is 5.57 Å². The number of rotatable bonds is 3. The first-order valence-corrected chi connectivity index (χ1v) is 7.03. The van der Waals surface area contributed by atoms with Crippen molar-refractivity contribution in [3.05, 3.63) is 42.0 Å². The maximum Gasteiger partial charge on any atom is 0.174 e. The van der Waals surface area contributed by atoms with Crippen molar-refractivity contribution in [2.24, 2.45) is 0 Å². The topological polar surface area (TPSA) is 0 Å². The lowest BCUT2D eigenvalue weighted by atomic mass is 9.89. The first-order valence-electron chi connectivity index (χ1n) is 7.03. The van der Waals surface area contributed by atoms with Crippen molar-refractivity contribution in [2.75, 3.05) is 0 Å². The lowest BCUT2D eigenvalue weighted by molar-refractivity contribution is 0.217. The van der Waals surface area contributed by atoms with Crippen LogP contribution in [0.15, 0.2) is 30.8 Å². The third-order valence-electron chi connectivity index (χ3n) is 3.62. The molecular weight excluding hydrogens is 235 g/mol. The highest BCUT2D eigenvalue weighted by atomic mass is 19.1. The molecule has 1 unspecified atom stereocenters. The summed E-state index contributed by atoms with van der Waals surface area (Å²) >= 11 is 0. The largest absolute Gasteiger partial charge is 0.229 e. The van der Waals surface area contributed by atoms with Crippen LogP contribution in [0.3, 0.4) is 0 Å². The molecule has 1 aromatic carbocycles. The summed E-state index contributed by atoms with van der Waals surface area (Å²) in [5.41, 5.74) is 1.82. The fourth-order valence-corrected chi connectivity index (χ4v) is 2.44. The molecule has 0 spiro atoms. The summed E-state index contributed by atoms with van der Waals surface area (Å²) in [6.45, 7) is 5.89. The molecule has 2 rings (SSSR count). The Balaban J connectivity index is 2.12. The van der Waals surface area contributed by atoms with Crippen LogP contribution in [-0.2, 0) is 6.42 Å². The molecule has 0 aliphatic heterocycles. The Bertz CT molecular complexity index is 501. The van der Waals surface area contributed by atoms with Crippen LogP contribution in [0.1, 0.15) is 50.2 Å². The predicted molar refractivity (Wildman–Crippen MR) is 79.6 cm³/mol. The quantitative estimate of drug-likeness (QED) is 0.672. The van der Waals surface area contributed by atoms with Crippen LogP contribution >= 0.6 is 0 Å². The molecule has 1 aromatic rings. The van der Waals surface area contributed by atoms with Gasteiger partial charge in [-0.15, -0.1) is 0 Å². The Morgan fingerprint density at radius 3 is 2.68 bits per heavy atom. The van der Waals surface area contributed by atoms with E-state index < -0.39 is 5.67 Å². The molecule has 1 atom stereocenters. The van der Waals surface area contributed by atoms with E-state index in [2.05, 4.69) is 18.4 Å². The summed E-state index contributed by atoms with van der Waals surface area (Å²) in [6.07, 6.45) is 4.93. The van der Waals surface area contributed by atoms with Crippen molar-refractivity contribution in [3.8, 4) is 11.8 Å². The molecule has 0 saturated heterocycles. The number of benzene rings is 1. The van der Waals surface area contributed by atoms with Gasteiger partial charge in [0.25, 0.3) is 0 Å². The number of alkyl halides is 1. The minimum atomic E-state index is -1.34. The highest BCUT2D eigenvalue weighted by molar-refractivity contribution is 5.61. The van der Waals surface area contributed by atoms with Gasteiger partial charge >= 0.3 is 0 Å². The molecule has 0 heterocycles. The highest BCUT2D eigenvalue weighted by Crippen LogP contribution is 2.26. The molecule has 0 nitrogen and oxygen atoms in total. The fraction of sp³-hybridized carbons (Fsp3) is 0.444. The highest BCUT2D eigenvalue weighted by Gasteiger charge is 2.27. The molecule has 0 N–H and O–H groups in total. The zero-order valence-corrected chi connectivity index (χ0v) is 11.6. The van der Waals surface area contributed by atoms with Crippen LogP contribution in [0.4, 0.5) is 4.39 Å². The molecule has 0 fully saturated rings. The van der Waals surface area contributed by atoms with E-state index in [0.29, 0.717) is 12.8 Å². The first kappa shape index (κ1) is 13.9. The maximum atomic E-state index is 14.8. The number of hydrogen-bond acceptors (Lipinski definition) is 0. The van der Waals surface area contributed by atoms with Crippen molar-refractivity contribution in [2.45, 2.75) is 51.1 Å². The summed E-state index contributed by atoms with van der Waals surface area (Å²) in [7, 11) is 0. The minimum absolute atomic E-state index is 0.399. The van der Waals surface area contributed by atoms with E-state index in [-0.39, 0.29) is 0 Å². The van der Waals surface area contributed by atoms with E-state index in [9.17, 15) is 4.39 Å². The van der Waals surface area contributed by atoms with Crippen LogP contribution < -0.4 is 0 Å². The Kier molecular flexibility index (Phi) is 4.43. The SMILES string of the molecule is C=C(C)c1ccc(CC2(F)C#CCCCCC2)cc1. The van der Waals surface area contributed by atoms with Crippen molar-refractivity contribution >= 4 is 5.57 Å². The molecule has 0 saturated carbocycles. The van der Waals surface area contributed by atoms with Crippen LogP contribution in [-0.4, -0.2) is 5.67 Å². The third kappa shape index (κ3) is 3.96. The second-order valence-electron chi connectivity index (χ2n) is 5.48. The Morgan fingerprint density at radius 2 is 2.00 bits per heavy atom. The van der Waals surface area contributed by atoms with Gasteiger partial charge < -0.3 is 0 Å². The van der Waals surface area contributed by atoms with Gasteiger partial charge in [-0.25, -0.2) is 4.39 Å². The van der Waals surface area contributed by atoms with E-state index in [1.54, 1.807) is 0 Å². The van der Waals surface area contributed by atoms with Crippen LogP contribution in [0.5, 0.6) is 0 Å². The van der Waals surface area contributed by atoms with Gasteiger partial charge in [-0.1, -0.05) is 54.7 Å². The van der Waals surface area contributed by atoms with Crippen molar-refractivity contribution in [1.29, 1.82) is 0 Å². The molecule has 0 amide bonds. The van der Waals surface area contributed by atoms with E-state index >= 15 is 0 Å². The van der Waals surface area contributed by atoms with E-state index in [1.807, 2.05) is 31.2 Å². The Labute approximate surface area is 115 Å². The van der Waals surface area contributed by atoms with Gasteiger partial charge in [0.2, 0.25) is 0 Å². The second kappa shape index (κ2) is 6.06. The van der Waals surface area contributed by atoms with Crippen LogP contribution in [0.2, 0.25) is 0 Å². The first-order chi connectivity index (χ1) is 9.09. The van der Waals surface area contributed by atoms with E-state index in [4.69, 9.17) is 0 Å². The maximum absolute atomic E-state index is 14.8. The Morgan fingerprint density at radius 1 is 1.26 bits per heavy atom. The minimum Gasteiger partial charge on any atom is -0.229 e. The van der Waals surface area contributed by atoms with Crippen LogP contribution in [0, 0.1) is 11.8 Å². The van der Waals surface area contributed by atoms with Gasteiger partial charge in [-0.05, 0) is 37.3 Å². The number of hydrogen-bond donors (Lipinski definition) is 0. The lowest BCUT2D eigenvalue weighted by Crippen LogP contribution is -2.24. The third-order valence-corrected chi connectivity index (χ3v) is 3.62. The summed E-state index contributed by atoms with van der Waals surface area (Å²) in [4.78, 5) is 0. The van der Waals surface area contributed by atoms with Gasteiger partial charge in [0.05, 0.1) is 0 Å². The molecule has 19 heavy (non-hydrogen) atoms. The van der Waals surface area contributed by atoms with Crippen molar-refractivity contribution in [1.82, 2.24) is 0 Å². The monoisotopic (exact) mass is 256 g/mol. The van der Waals surface area contributed by atoms with Crippen molar-refractivity contribution < 1.29 is 4.39 Å². The standard InChI is InChI=1S/C18H21F/c1-15(2)17-10-8-16(9-11-17)14-18(19)12-6-4-3-5-7-13-18/h8-11H,1,3-6,12,14H2,2H3. The average molecular weight is 256 g/mol. The normalized spacial score (nSPS) is 22.8. The number of allylic oxidation sites excluding steroid dienone is 1. The van der Waals surface area contributed by atoms with Gasteiger partial charge in [-0.2, -0.15) is 0 Å². The summed E-state index contributed by atoms with van der Waals surface area (Å²) in [5.74, 6) is 5.84. The predicted octanol–water partition coefficient (Wildman–Crippen LogP) is 4.94. The van der Waals surface area contributed by atoms with Gasteiger partial charge in [0.15, 0.2) is 5.67 Å². The fourth-order valence-electron chi connectivity index (χ4n) is 2.44. The van der Waals surface area contributed by atoms with Gasteiger partial charge in [0, 0.05) is 12.8 Å². The zero-order valence-electron chi connectivity index (χ0n) is 11.6.